The van der Waals surface area contributed by atoms with Crippen LogP contribution in [0.15, 0.2) is 18.5 Å². The summed E-state index contributed by atoms with van der Waals surface area (Å²) in [7, 11) is 0. The summed E-state index contributed by atoms with van der Waals surface area (Å²) in [6, 6.07) is 2.44. The molecule has 2 rings (SSSR count). The smallest absolute Gasteiger partial charge is 0.0820 e. The lowest BCUT2D eigenvalue weighted by atomic mass is 10.0. The van der Waals surface area contributed by atoms with Gasteiger partial charge in [0.25, 0.3) is 0 Å². The molecule has 1 aromatic heterocycles. The SMILES string of the molecule is CC(C)CC(CNc1ccncc1Cl)N1CCOCC1. The Morgan fingerprint density at radius 2 is 2.15 bits per heavy atom. The van der Waals surface area contributed by atoms with Crippen LogP contribution in [-0.2, 0) is 4.74 Å². The van der Waals surface area contributed by atoms with Crippen LogP contribution >= 0.6 is 11.6 Å². The molecule has 0 bridgehead atoms. The van der Waals surface area contributed by atoms with Crippen LogP contribution < -0.4 is 5.32 Å². The molecule has 1 aliphatic heterocycles. The fourth-order valence-electron chi connectivity index (χ4n) is 2.59. The van der Waals surface area contributed by atoms with Crippen molar-refractivity contribution in [3.63, 3.8) is 0 Å². The Labute approximate surface area is 126 Å². The van der Waals surface area contributed by atoms with Crippen LogP contribution in [0.3, 0.4) is 0 Å². The van der Waals surface area contributed by atoms with Crippen LogP contribution in [0.5, 0.6) is 0 Å². The minimum absolute atomic E-state index is 0.517. The van der Waals surface area contributed by atoms with Crippen molar-refractivity contribution in [3.05, 3.63) is 23.5 Å². The minimum Gasteiger partial charge on any atom is -0.382 e. The van der Waals surface area contributed by atoms with Gasteiger partial charge >= 0.3 is 0 Å². The van der Waals surface area contributed by atoms with Gasteiger partial charge in [0.05, 0.1) is 23.9 Å². The highest BCUT2D eigenvalue weighted by Crippen LogP contribution is 2.20. The van der Waals surface area contributed by atoms with Gasteiger partial charge in [-0.15, -0.1) is 0 Å². The molecule has 1 saturated heterocycles. The van der Waals surface area contributed by atoms with Gasteiger partial charge in [-0.05, 0) is 18.4 Å². The number of halogens is 1. The fraction of sp³-hybridized carbons (Fsp3) is 0.667. The highest BCUT2D eigenvalue weighted by atomic mass is 35.5. The minimum atomic E-state index is 0.517. The van der Waals surface area contributed by atoms with E-state index in [-0.39, 0.29) is 0 Å². The maximum absolute atomic E-state index is 6.14. The molecule has 1 N–H and O–H groups in total. The average molecular weight is 298 g/mol. The van der Waals surface area contributed by atoms with E-state index in [9.17, 15) is 0 Å². The quantitative estimate of drug-likeness (QED) is 0.876. The molecule has 0 aliphatic carbocycles. The molecule has 20 heavy (non-hydrogen) atoms. The topological polar surface area (TPSA) is 37.4 Å². The zero-order chi connectivity index (χ0) is 14.4. The van der Waals surface area contributed by atoms with E-state index in [2.05, 4.69) is 29.0 Å². The van der Waals surface area contributed by atoms with Gasteiger partial charge in [-0.25, -0.2) is 0 Å². The van der Waals surface area contributed by atoms with E-state index in [1.165, 1.54) is 6.42 Å². The van der Waals surface area contributed by atoms with E-state index >= 15 is 0 Å². The first kappa shape index (κ1) is 15.5. The summed E-state index contributed by atoms with van der Waals surface area (Å²) in [5.41, 5.74) is 0.962. The second kappa shape index (κ2) is 7.81. The predicted octanol–water partition coefficient (Wildman–Crippen LogP) is 2.89. The third-order valence-corrected chi connectivity index (χ3v) is 3.91. The number of pyridine rings is 1. The van der Waals surface area contributed by atoms with E-state index in [0.29, 0.717) is 17.0 Å². The standard InChI is InChI=1S/C15H24ClN3O/c1-12(2)9-13(19-5-7-20-8-6-19)10-18-15-3-4-17-11-14(15)16/h3-4,11-13H,5-10H2,1-2H3,(H,17,18). The van der Waals surface area contributed by atoms with E-state index < -0.39 is 0 Å². The zero-order valence-electron chi connectivity index (χ0n) is 12.3. The number of hydrogen-bond acceptors (Lipinski definition) is 4. The Balaban J connectivity index is 1.94. The monoisotopic (exact) mass is 297 g/mol. The van der Waals surface area contributed by atoms with E-state index in [1.54, 1.807) is 12.4 Å². The maximum atomic E-state index is 6.14. The summed E-state index contributed by atoms with van der Waals surface area (Å²) in [5, 5.41) is 4.14. The van der Waals surface area contributed by atoms with Gasteiger partial charge in [-0.1, -0.05) is 25.4 Å². The summed E-state index contributed by atoms with van der Waals surface area (Å²) >= 11 is 6.14. The lowest BCUT2D eigenvalue weighted by molar-refractivity contribution is 0.0151. The molecule has 5 heteroatoms. The second-order valence-corrected chi connectivity index (χ2v) is 6.08. The molecule has 0 amide bonds. The van der Waals surface area contributed by atoms with Crippen LogP contribution in [0.1, 0.15) is 20.3 Å². The first-order valence-corrected chi connectivity index (χ1v) is 7.70. The van der Waals surface area contributed by atoms with Crippen molar-refractivity contribution in [2.24, 2.45) is 5.92 Å². The van der Waals surface area contributed by atoms with E-state index in [0.717, 1.165) is 38.5 Å². The number of rotatable bonds is 6. The Hall–Kier alpha value is -0.840. The Morgan fingerprint density at radius 1 is 1.40 bits per heavy atom. The van der Waals surface area contributed by atoms with Gasteiger partial charge in [0.15, 0.2) is 0 Å². The molecule has 0 saturated carbocycles. The predicted molar refractivity (Wildman–Crippen MR) is 83.4 cm³/mol. The van der Waals surface area contributed by atoms with Crippen molar-refractivity contribution in [1.82, 2.24) is 9.88 Å². The van der Waals surface area contributed by atoms with Crippen LogP contribution in [0.4, 0.5) is 5.69 Å². The molecule has 0 radical (unpaired) electrons. The van der Waals surface area contributed by atoms with E-state index in [4.69, 9.17) is 16.3 Å². The summed E-state index contributed by atoms with van der Waals surface area (Å²) in [4.78, 5) is 6.53. The first-order valence-electron chi connectivity index (χ1n) is 7.32. The molecule has 1 atom stereocenters. The summed E-state index contributed by atoms with van der Waals surface area (Å²) in [5.74, 6) is 0.678. The first-order chi connectivity index (χ1) is 9.66. The van der Waals surface area contributed by atoms with Crippen molar-refractivity contribution in [2.45, 2.75) is 26.3 Å². The number of nitrogens with one attached hydrogen (secondary N) is 1. The third-order valence-electron chi connectivity index (χ3n) is 3.61. The third kappa shape index (κ3) is 4.62. The van der Waals surface area contributed by atoms with Crippen molar-refractivity contribution >= 4 is 17.3 Å². The number of hydrogen-bond donors (Lipinski definition) is 1. The molecular formula is C15H24ClN3O. The summed E-state index contributed by atoms with van der Waals surface area (Å²) < 4.78 is 5.45. The van der Waals surface area contributed by atoms with Gasteiger partial charge in [-0.2, -0.15) is 0 Å². The number of ether oxygens (including phenoxy) is 1. The molecule has 112 valence electrons. The molecule has 1 unspecified atom stereocenters. The van der Waals surface area contributed by atoms with Crippen LogP contribution in [0.2, 0.25) is 5.02 Å². The van der Waals surface area contributed by atoms with Crippen molar-refractivity contribution in [2.75, 3.05) is 38.2 Å². The summed E-state index contributed by atoms with van der Waals surface area (Å²) in [6.45, 7) is 9.16. The molecule has 1 aromatic rings. The van der Waals surface area contributed by atoms with E-state index in [1.807, 2.05) is 6.07 Å². The molecule has 4 nitrogen and oxygen atoms in total. The number of aromatic nitrogens is 1. The molecule has 0 aromatic carbocycles. The fourth-order valence-corrected chi connectivity index (χ4v) is 2.78. The molecule has 0 spiro atoms. The average Bonchev–Trinajstić information content (AvgIpc) is 2.45. The summed E-state index contributed by atoms with van der Waals surface area (Å²) in [6.07, 6.45) is 4.62. The van der Waals surface area contributed by atoms with Crippen LogP contribution in [0.25, 0.3) is 0 Å². The highest BCUT2D eigenvalue weighted by Gasteiger charge is 2.21. The number of anilines is 1. The lowest BCUT2D eigenvalue weighted by Gasteiger charge is -2.35. The van der Waals surface area contributed by atoms with Crippen LogP contribution in [-0.4, -0.2) is 48.8 Å². The Bertz CT molecular complexity index is 408. The molecule has 1 fully saturated rings. The molecular weight excluding hydrogens is 274 g/mol. The lowest BCUT2D eigenvalue weighted by Crippen LogP contribution is -2.47. The van der Waals surface area contributed by atoms with Gasteiger partial charge in [-0.3, -0.25) is 9.88 Å². The van der Waals surface area contributed by atoms with Gasteiger partial charge in [0.1, 0.15) is 0 Å². The second-order valence-electron chi connectivity index (χ2n) is 5.67. The zero-order valence-corrected chi connectivity index (χ0v) is 13.1. The molecule has 1 aliphatic rings. The van der Waals surface area contributed by atoms with Gasteiger partial charge in [0, 0.05) is 38.1 Å². The van der Waals surface area contributed by atoms with Crippen molar-refractivity contribution in [3.8, 4) is 0 Å². The normalized spacial score (nSPS) is 18.2. The Kier molecular flexibility index (Phi) is 6.07. The number of morpholine rings is 1. The highest BCUT2D eigenvalue weighted by molar-refractivity contribution is 6.33. The largest absolute Gasteiger partial charge is 0.382 e. The van der Waals surface area contributed by atoms with Crippen LogP contribution in [0, 0.1) is 5.92 Å². The Morgan fingerprint density at radius 3 is 2.80 bits per heavy atom. The molecule has 2 heterocycles. The van der Waals surface area contributed by atoms with Crippen molar-refractivity contribution < 1.29 is 4.74 Å². The van der Waals surface area contributed by atoms with Gasteiger partial charge in [0.2, 0.25) is 0 Å². The van der Waals surface area contributed by atoms with Crippen molar-refractivity contribution in [1.29, 1.82) is 0 Å². The number of nitrogens with zero attached hydrogens (tertiary/aromatic N) is 2. The maximum Gasteiger partial charge on any atom is 0.0820 e. The van der Waals surface area contributed by atoms with Gasteiger partial charge < -0.3 is 10.1 Å².